The molecule has 3 aliphatic rings. The summed E-state index contributed by atoms with van der Waals surface area (Å²) in [6.07, 6.45) is 4.29. The predicted octanol–water partition coefficient (Wildman–Crippen LogP) is 4.51. The van der Waals surface area contributed by atoms with Crippen molar-refractivity contribution in [2.24, 2.45) is 11.8 Å². The summed E-state index contributed by atoms with van der Waals surface area (Å²) < 4.78 is 17.6. The number of para-hydroxylation sites is 1. The van der Waals surface area contributed by atoms with Crippen molar-refractivity contribution in [1.29, 1.82) is 0 Å². The van der Waals surface area contributed by atoms with Crippen molar-refractivity contribution in [3.63, 3.8) is 0 Å². The minimum atomic E-state index is -0.605. The topological polar surface area (TPSA) is 68.3 Å². The predicted molar refractivity (Wildman–Crippen MR) is 135 cm³/mol. The Morgan fingerprint density at radius 2 is 1.75 bits per heavy atom. The maximum absolute atomic E-state index is 13.8. The van der Waals surface area contributed by atoms with E-state index in [1.807, 2.05) is 36.4 Å². The zero-order valence-corrected chi connectivity index (χ0v) is 21.0. The van der Waals surface area contributed by atoms with Gasteiger partial charge < -0.3 is 19.1 Å². The molecule has 0 N–H and O–H groups in total. The molecule has 36 heavy (non-hydrogen) atoms. The zero-order valence-electron chi connectivity index (χ0n) is 21.0. The van der Waals surface area contributed by atoms with Gasteiger partial charge in [-0.2, -0.15) is 0 Å². The van der Waals surface area contributed by atoms with E-state index in [2.05, 4.69) is 24.1 Å². The normalized spacial score (nSPS) is 25.3. The summed E-state index contributed by atoms with van der Waals surface area (Å²) in [6.45, 7) is 2.23. The largest absolute Gasteiger partial charge is 0.421 e. The van der Waals surface area contributed by atoms with E-state index in [9.17, 15) is 9.59 Å². The second kappa shape index (κ2) is 11.1. The lowest BCUT2D eigenvalue weighted by Crippen LogP contribution is -2.56. The van der Waals surface area contributed by atoms with Gasteiger partial charge in [-0.15, -0.1) is 0 Å². The summed E-state index contributed by atoms with van der Waals surface area (Å²) in [5, 5.41) is 0. The maximum atomic E-state index is 13.8. The van der Waals surface area contributed by atoms with E-state index >= 15 is 0 Å². The number of benzene rings is 2. The highest BCUT2D eigenvalue weighted by Crippen LogP contribution is 2.45. The fourth-order valence-electron chi connectivity index (χ4n) is 6.17. The highest BCUT2D eigenvalue weighted by atomic mass is 16.7. The van der Waals surface area contributed by atoms with Crippen LogP contribution < -0.4 is 4.74 Å². The van der Waals surface area contributed by atoms with Gasteiger partial charge in [-0.25, -0.2) is 9.69 Å². The molecular weight excluding hydrogens is 456 g/mol. The van der Waals surface area contributed by atoms with Gasteiger partial charge in [0.1, 0.15) is 5.75 Å². The highest BCUT2D eigenvalue weighted by molar-refractivity contribution is 5.94. The monoisotopic (exact) mass is 492 g/mol. The summed E-state index contributed by atoms with van der Waals surface area (Å²) >= 11 is 0. The molecule has 7 heteroatoms. The molecule has 0 aromatic heterocycles. The Balaban J connectivity index is 1.29. The molecule has 2 heterocycles. The first-order valence-electron chi connectivity index (χ1n) is 13.1. The lowest BCUT2D eigenvalue weighted by Gasteiger charge is -2.49. The Morgan fingerprint density at radius 3 is 2.47 bits per heavy atom. The van der Waals surface area contributed by atoms with Crippen molar-refractivity contribution in [2.45, 2.75) is 50.4 Å². The number of piperidine rings is 1. The minimum Gasteiger partial charge on any atom is -0.410 e. The number of nitrogens with zero attached hydrogens (tertiary/aromatic N) is 2. The molecule has 1 saturated carbocycles. The van der Waals surface area contributed by atoms with E-state index in [1.54, 1.807) is 12.1 Å². The van der Waals surface area contributed by atoms with Crippen molar-refractivity contribution in [1.82, 2.24) is 9.80 Å². The van der Waals surface area contributed by atoms with Crippen molar-refractivity contribution >= 4 is 12.0 Å². The van der Waals surface area contributed by atoms with Gasteiger partial charge in [0.05, 0.1) is 19.1 Å². The number of likely N-dealkylation sites (tertiary alicyclic amines) is 1. The van der Waals surface area contributed by atoms with Crippen LogP contribution in [0.3, 0.4) is 0 Å². The highest BCUT2D eigenvalue weighted by Gasteiger charge is 2.49. The van der Waals surface area contributed by atoms with Gasteiger partial charge in [-0.1, -0.05) is 48.5 Å². The van der Waals surface area contributed by atoms with Crippen molar-refractivity contribution in [3.8, 4) is 5.75 Å². The Bertz CT molecular complexity index is 1020. The first-order valence-corrected chi connectivity index (χ1v) is 13.1. The SMILES string of the molecule is CN1C[C@H](C(=O)N(CCCc2ccccc2)C(=O)Oc2ccccc2)C[C@@H]2CC3(CC[C@H]21)OCCO3. The number of ether oxygens (including phenoxy) is 3. The Kier molecular flexibility index (Phi) is 7.70. The second-order valence-electron chi connectivity index (χ2n) is 10.3. The zero-order chi connectivity index (χ0) is 25.0. The van der Waals surface area contributed by atoms with Crippen LogP contribution in [0.1, 0.15) is 37.7 Å². The third kappa shape index (κ3) is 5.64. The molecule has 2 aromatic rings. The quantitative estimate of drug-likeness (QED) is 0.591. The molecule has 0 radical (unpaired) electrons. The fourth-order valence-corrected chi connectivity index (χ4v) is 6.17. The molecule has 3 atom stereocenters. The van der Waals surface area contributed by atoms with Crippen LogP contribution in [0.5, 0.6) is 5.75 Å². The van der Waals surface area contributed by atoms with E-state index in [0.29, 0.717) is 50.4 Å². The van der Waals surface area contributed by atoms with Crippen molar-refractivity contribution < 1.29 is 23.8 Å². The van der Waals surface area contributed by atoms with Crippen LogP contribution in [0.15, 0.2) is 60.7 Å². The molecule has 0 unspecified atom stereocenters. The Hall–Kier alpha value is -2.74. The molecule has 2 aliphatic heterocycles. The van der Waals surface area contributed by atoms with Crippen molar-refractivity contribution in [2.75, 3.05) is 33.4 Å². The molecule has 0 bridgehead atoms. The van der Waals surface area contributed by atoms with E-state index < -0.39 is 11.9 Å². The van der Waals surface area contributed by atoms with E-state index in [-0.39, 0.29) is 11.8 Å². The van der Waals surface area contributed by atoms with Gasteiger partial charge in [0.2, 0.25) is 5.91 Å². The number of hydrogen-bond donors (Lipinski definition) is 0. The second-order valence-corrected chi connectivity index (χ2v) is 10.3. The summed E-state index contributed by atoms with van der Waals surface area (Å²) in [6, 6.07) is 19.5. The minimum absolute atomic E-state index is 0.151. The summed E-state index contributed by atoms with van der Waals surface area (Å²) in [7, 11) is 2.09. The molecule has 5 rings (SSSR count). The number of amides is 2. The maximum Gasteiger partial charge on any atom is 0.421 e. The van der Waals surface area contributed by atoms with E-state index in [4.69, 9.17) is 14.2 Å². The standard InChI is InChI=1S/C29H36N2O5/c1-30-21-24(19-23-20-29(15-14-26(23)30)34-17-18-35-29)27(32)31(16-8-11-22-9-4-2-5-10-22)28(33)36-25-12-6-3-7-13-25/h2-7,9-10,12-13,23-24,26H,8,11,14-21H2,1H3/t23-,24-,26-/m1/s1. The smallest absolute Gasteiger partial charge is 0.410 e. The lowest BCUT2D eigenvalue weighted by molar-refractivity contribution is -0.202. The third-order valence-electron chi connectivity index (χ3n) is 7.89. The van der Waals surface area contributed by atoms with Gasteiger partial charge >= 0.3 is 6.09 Å². The fraction of sp³-hybridized carbons (Fsp3) is 0.517. The van der Waals surface area contributed by atoms with Crippen molar-refractivity contribution in [3.05, 3.63) is 66.2 Å². The lowest BCUT2D eigenvalue weighted by atomic mass is 9.72. The van der Waals surface area contributed by atoms with Crippen LogP contribution in [-0.4, -0.2) is 67.0 Å². The van der Waals surface area contributed by atoms with Crippen LogP contribution in [0, 0.1) is 11.8 Å². The molecule has 1 spiro atoms. The van der Waals surface area contributed by atoms with Crippen LogP contribution in [-0.2, 0) is 20.7 Å². The summed E-state index contributed by atoms with van der Waals surface area (Å²) in [5.74, 6) is -0.181. The first-order chi connectivity index (χ1) is 17.5. The molecule has 2 saturated heterocycles. The molecule has 2 aromatic carbocycles. The molecule has 7 nitrogen and oxygen atoms in total. The molecule has 1 aliphatic carbocycles. The average Bonchev–Trinajstić information content (AvgIpc) is 3.34. The van der Waals surface area contributed by atoms with Gasteiger partial charge in [-0.3, -0.25) is 4.79 Å². The number of rotatable bonds is 6. The van der Waals surface area contributed by atoms with Crippen LogP contribution >= 0.6 is 0 Å². The van der Waals surface area contributed by atoms with Gasteiger partial charge in [0.15, 0.2) is 5.79 Å². The molecule has 2 amide bonds. The number of imide groups is 1. The number of carbonyl (C=O) groups is 2. The van der Waals surface area contributed by atoms with Gasteiger partial charge in [0.25, 0.3) is 0 Å². The van der Waals surface area contributed by atoms with E-state index in [0.717, 1.165) is 32.1 Å². The summed E-state index contributed by atoms with van der Waals surface area (Å²) in [5.41, 5.74) is 1.19. The number of fused-ring (bicyclic) bond motifs is 1. The van der Waals surface area contributed by atoms with Crippen LogP contribution in [0.4, 0.5) is 4.79 Å². The van der Waals surface area contributed by atoms with Gasteiger partial charge in [0, 0.05) is 32.0 Å². The number of aryl methyl sites for hydroxylation is 1. The van der Waals surface area contributed by atoms with Crippen LogP contribution in [0.25, 0.3) is 0 Å². The number of hydrogen-bond acceptors (Lipinski definition) is 6. The third-order valence-corrected chi connectivity index (χ3v) is 7.89. The van der Waals surface area contributed by atoms with E-state index in [1.165, 1.54) is 10.5 Å². The average molecular weight is 493 g/mol. The first kappa shape index (κ1) is 24.9. The number of carbonyl (C=O) groups excluding carboxylic acids is 2. The molecule has 192 valence electrons. The molecule has 3 fully saturated rings. The van der Waals surface area contributed by atoms with Gasteiger partial charge in [-0.05, 0) is 56.3 Å². The van der Waals surface area contributed by atoms with Crippen LogP contribution in [0.2, 0.25) is 0 Å². The molecular formula is C29H36N2O5. The summed E-state index contributed by atoms with van der Waals surface area (Å²) in [4.78, 5) is 30.7. The Labute approximate surface area is 213 Å². The Morgan fingerprint density at radius 1 is 1.06 bits per heavy atom.